The minimum Gasteiger partial charge on any atom is -0.462 e. The first-order valence-electron chi connectivity index (χ1n) is 25.8. The lowest BCUT2D eigenvalue weighted by atomic mass is 9.85. The van der Waals surface area contributed by atoms with E-state index < -0.39 is 75.7 Å². The number of aliphatic hydroxyl groups is 5. The fourth-order valence-electron chi connectivity index (χ4n) is 7.49. The van der Waals surface area contributed by atoms with E-state index in [1.807, 2.05) is 42.5 Å². The summed E-state index contributed by atoms with van der Waals surface area (Å²) >= 11 is 0. The van der Waals surface area contributed by atoms with Crippen LogP contribution in [-0.2, 0) is 32.7 Å². The van der Waals surface area contributed by atoms with Gasteiger partial charge in [-0.15, -0.1) is 0 Å². The van der Waals surface area contributed by atoms with Crippen LogP contribution in [0.3, 0.4) is 0 Å². The van der Waals surface area contributed by atoms with E-state index in [1.165, 1.54) is 89.9 Å². The Labute approximate surface area is 404 Å². The van der Waals surface area contributed by atoms with Gasteiger partial charge in [-0.05, 0) is 64.2 Å². The maximum atomic E-state index is 12.8. The third kappa shape index (κ3) is 34.3. The second kappa shape index (κ2) is 42.2. The molecule has 0 aromatic carbocycles. The number of unbranched alkanes of at least 4 members (excludes halogenated alkanes) is 21. The Balaban J connectivity index is 2.42. The van der Waals surface area contributed by atoms with Crippen molar-refractivity contribution in [3.8, 4) is 0 Å². The Morgan fingerprint density at radius 2 is 0.896 bits per heavy atom. The van der Waals surface area contributed by atoms with Gasteiger partial charge in [0.05, 0.1) is 6.61 Å². The van der Waals surface area contributed by atoms with Gasteiger partial charge in [-0.3, -0.25) is 18.6 Å². The molecule has 67 heavy (non-hydrogen) atoms. The molecule has 0 aromatic rings. The number of rotatable bonds is 42. The topological polar surface area (TPSA) is 210 Å². The van der Waals surface area contributed by atoms with Crippen molar-refractivity contribution in [3.63, 3.8) is 0 Å². The summed E-state index contributed by atoms with van der Waals surface area (Å²) in [6.07, 6.45) is 41.1. The SMILES string of the molecule is CC/C=C/C=C/C=C/C=C/CCCCCCCC(=O)OC[C@H](COP(=O)(O)OC1C(O)C(O)C(O)[C@@H](O)C1O)OC(=O)CCC/C=C/CC/C=C/CCCCCCCCCCCCCCCC. The number of phosphoric acid groups is 1. The Bertz CT molecular complexity index is 1440. The molecule has 6 N–H and O–H groups in total. The van der Waals surface area contributed by atoms with Gasteiger partial charge >= 0.3 is 19.8 Å². The summed E-state index contributed by atoms with van der Waals surface area (Å²) in [7, 11) is -5.14. The molecule has 1 aliphatic carbocycles. The van der Waals surface area contributed by atoms with E-state index in [0.29, 0.717) is 19.3 Å². The first kappa shape index (κ1) is 62.3. The summed E-state index contributed by atoms with van der Waals surface area (Å²) in [6.45, 7) is 3.13. The normalized spacial score (nSPS) is 21.7. The number of ether oxygens (including phenoxy) is 2. The van der Waals surface area contributed by atoms with Crippen LogP contribution in [0.15, 0.2) is 72.9 Å². The molecule has 0 saturated heterocycles. The van der Waals surface area contributed by atoms with Crippen LogP contribution in [0.2, 0.25) is 0 Å². The average molecular weight is 967 g/mol. The van der Waals surface area contributed by atoms with E-state index in [-0.39, 0.29) is 12.8 Å². The molecule has 6 unspecified atom stereocenters. The number of hydrogen-bond acceptors (Lipinski definition) is 12. The monoisotopic (exact) mass is 967 g/mol. The molecule has 14 heteroatoms. The largest absolute Gasteiger partial charge is 0.472 e. The van der Waals surface area contributed by atoms with Gasteiger partial charge in [0.1, 0.15) is 43.2 Å². The molecule has 0 spiro atoms. The van der Waals surface area contributed by atoms with Crippen molar-refractivity contribution >= 4 is 19.8 Å². The zero-order chi connectivity index (χ0) is 49.2. The van der Waals surface area contributed by atoms with Crippen molar-refractivity contribution in [3.05, 3.63) is 72.9 Å². The van der Waals surface area contributed by atoms with Crippen molar-refractivity contribution in [2.75, 3.05) is 13.2 Å². The van der Waals surface area contributed by atoms with E-state index in [1.54, 1.807) is 0 Å². The van der Waals surface area contributed by atoms with Crippen LogP contribution in [-0.4, -0.2) is 98.3 Å². The van der Waals surface area contributed by atoms with Crippen molar-refractivity contribution in [1.29, 1.82) is 0 Å². The number of carbonyl (C=O) groups is 2. The number of esters is 2. The molecular weight excluding hydrogens is 876 g/mol. The van der Waals surface area contributed by atoms with Crippen LogP contribution >= 0.6 is 7.82 Å². The molecule has 8 atom stereocenters. The van der Waals surface area contributed by atoms with Crippen LogP contribution in [0.5, 0.6) is 0 Å². The molecular formula is C53H91O13P. The third-order valence-corrected chi connectivity index (χ3v) is 12.6. The molecule has 13 nitrogen and oxygen atoms in total. The van der Waals surface area contributed by atoms with E-state index in [2.05, 4.69) is 44.2 Å². The van der Waals surface area contributed by atoms with Gasteiger partial charge in [-0.2, -0.15) is 0 Å². The van der Waals surface area contributed by atoms with Gasteiger partial charge in [0, 0.05) is 12.8 Å². The Morgan fingerprint density at radius 1 is 0.478 bits per heavy atom. The van der Waals surface area contributed by atoms with E-state index in [0.717, 1.165) is 57.8 Å². The van der Waals surface area contributed by atoms with Gasteiger partial charge < -0.3 is 39.9 Å². The van der Waals surface area contributed by atoms with Crippen LogP contribution in [0.1, 0.15) is 194 Å². The second-order valence-corrected chi connectivity index (χ2v) is 19.1. The minimum absolute atomic E-state index is 0.0283. The molecule has 1 fully saturated rings. The van der Waals surface area contributed by atoms with Gasteiger partial charge in [0.2, 0.25) is 0 Å². The van der Waals surface area contributed by atoms with E-state index in [4.69, 9.17) is 18.5 Å². The van der Waals surface area contributed by atoms with Crippen LogP contribution < -0.4 is 0 Å². The Morgan fingerprint density at radius 3 is 1.43 bits per heavy atom. The highest BCUT2D eigenvalue weighted by Crippen LogP contribution is 2.47. The second-order valence-electron chi connectivity index (χ2n) is 17.7. The summed E-state index contributed by atoms with van der Waals surface area (Å²) in [5, 5.41) is 50.2. The minimum atomic E-state index is -5.14. The summed E-state index contributed by atoms with van der Waals surface area (Å²) in [5.74, 6) is -1.18. The van der Waals surface area contributed by atoms with Crippen molar-refractivity contribution in [2.24, 2.45) is 0 Å². The lowest BCUT2D eigenvalue weighted by Gasteiger charge is -2.41. The molecule has 386 valence electrons. The average Bonchev–Trinajstić information content (AvgIpc) is 3.31. The molecule has 0 heterocycles. The summed E-state index contributed by atoms with van der Waals surface area (Å²) < 4.78 is 33.5. The number of aliphatic hydroxyl groups excluding tert-OH is 5. The summed E-state index contributed by atoms with van der Waals surface area (Å²) in [6, 6.07) is 0. The number of phosphoric ester groups is 1. The zero-order valence-electron chi connectivity index (χ0n) is 41.2. The molecule has 0 amide bonds. The van der Waals surface area contributed by atoms with Gasteiger partial charge in [-0.1, -0.05) is 189 Å². The standard InChI is InChI=1S/C53H91O13P/c1-3-5-7-9-11-13-15-17-19-20-21-22-23-24-25-26-28-30-32-34-36-38-40-42-47(55)65-45(44-64-67(61,62)66-53-51(59)49(57)48(56)50(58)52(53)60)43-63-46(54)41-39-37-35-33-31-29-27-18-16-14-12-10-8-6-4-2/h6,8,10,12,14,16,18,26-28,34,36,45,48-53,56-60H,3-5,7,9,11,13,15,17,19-25,29-33,35,37-44H2,1-2H3,(H,61,62)/b8-6+,12-10+,16-14+,27-18+,28-26+,36-34+/t45-,48?,49-,50?,51?,52?,53?/m1/s1. The van der Waals surface area contributed by atoms with Gasteiger partial charge in [0.25, 0.3) is 0 Å². The van der Waals surface area contributed by atoms with Gasteiger partial charge in [-0.25, -0.2) is 4.57 Å². The maximum Gasteiger partial charge on any atom is 0.472 e. The van der Waals surface area contributed by atoms with Crippen molar-refractivity contribution in [1.82, 2.24) is 0 Å². The fourth-order valence-corrected chi connectivity index (χ4v) is 8.47. The molecule has 0 aliphatic heterocycles. The molecule has 0 aromatic heterocycles. The molecule has 0 bridgehead atoms. The van der Waals surface area contributed by atoms with Crippen molar-refractivity contribution in [2.45, 2.75) is 236 Å². The van der Waals surface area contributed by atoms with Crippen LogP contribution in [0.25, 0.3) is 0 Å². The Hall–Kier alpha value is -2.71. The number of allylic oxidation sites excluding steroid dienone is 12. The lowest BCUT2D eigenvalue weighted by molar-refractivity contribution is -0.220. The quantitative estimate of drug-likeness (QED) is 0.0111. The highest BCUT2D eigenvalue weighted by Gasteiger charge is 2.51. The van der Waals surface area contributed by atoms with Crippen LogP contribution in [0, 0.1) is 0 Å². The third-order valence-electron chi connectivity index (χ3n) is 11.6. The number of carbonyl (C=O) groups excluding carboxylic acids is 2. The predicted molar refractivity (Wildman–Crippen MR) is 267 cm³/mol. The fraction of sp³-hybridized carbons (Fsp3) is 0.736. The summed E-state index contributed by atoms with van der Waals surface area (Å²) in [4.78, 5) is 35.8. The smallest absolute Gasteiger partial charge is 0.462 e. The molecule has 1 rings (SSSR count). The molecule has 1 saturated carbocycles. The molecule has 1 aliphatic rings. The predicted octanol–water partition coefficient (Wildman–Crippen LogP) is 11.1. The number of hydrogen-bond donors (Lipinski definition) is 6. The van der Waals surface area contributed by atoms with E-state index in [9.17, 15) is 44.6 Å². The lowest BCUT2D eigenvalue weighted by Crippen LogP contribution is -2.64. The highest BCUT2D eigenvalue weighted by atomic mass is 31.2. The first-order valence-corrected chi connectivity index (χ1v) is 27.3. The summed E-state index contributed by atoms with van der Waals surface area (Å²) in [5.41, 5.74) is 0. The van der Waals surface area contributed by atoms with Crippen LogP contribution in [0.4, 0.5) is 0 Å². The van der Waals surface area contributed by atoms with E-state index >= 15 is 0 Å². The van der Waals surface area contributed by atoms with Gasteiger partial charge in [0.15, 0.2) is 6.10 Å². The Kier molecular flexibility index (Phi) is 39.2. The first-order chi connectivity index (χ1) is 32.4. The van der Waals surface area contributed by atoms with Crippen molar-refractivity contribution < 1.29 is 63.1 Å². The highest BCUT2D eigenvalue weighted by molar-refractivity contribution is 7.47. The zero-order valence-corrected chi connectivity index (χ0v) is 42.1. The maximum absolute atomic E-state index is 12.8. The molecule has 0 radical (unpaired) electrons.